The Morgan fingerprint density at radius 3 is 2.45 bits per heavy atom. The molecule has 0 aromatic heterocycles. The van der Waals surface area contributed by atoms with Gasteiger partial charge in [0.1, 0.15) is 6.04 Å². The molecule has 2 fully saturated rings. The normalized spacial score (nSPS) is 32.9. The van der Waals surface area contributed by atoms with Gasteiger partial charge in [-0.05, 0) is 17.3 Å². The van der Waals surface area contributed by atoms with Crippen molar-refractivity contribution in [2.24, 2.45) is 28.9 Å². The third-order valence-corrected chi connectivity index (χ3v) is 5.29. The summed E-state index contributed by atoms with van der Waals surface area (Å²) >= 11 is 0. The Balaban J connectivity index is 0.00000200. The minimum absolute atomic E-state index is 0. The minimum Gasteiger partial charge on any atom is -0.480 e. The van der Waals surface area contributed by atoms with Crippen molar-refractivity contribution in [2.45, 2.75) is 46.2 Å². The van der Waals surface area contributed by atoms with E-state index in [-0.39, 0.29) is 35.6 Å². The lowest BCUT2D eigenvalue weighted by Crippen LogP contribution is -2.53. The first-order chi connectivity index (χ1) is 8.73. The van der Waals surface area contributed by atoms with E-state index in [1.54, 1.807) is 0 Å². The van der Waals surface area contributed by atoms with E-state index in [0.29, 0.717) is 12.5 Å². The van der Waals surface area contributed by atoms with Gasteiger partial charge in [-0.3, -0.25) is 4.79 Å². The van der Waals surface area contributed by atoms with Gasteiger partial charge in [-0.2, -0.15) is 0 Å². The number of nitrogens with two attached hydrogens (primary N) is 1. The van der Waals surface area contributed by atoms with Gasteiger partial charge < -0.3 is 15.7 Å². The Morgan fingerprint density at radius 1 is 1.45 bits per heavy atom. The summed E-state index contributed by atoms with van der Waals surface area (Å²) < 4.78 is 0. The Hall–Kier alpha value is -0.810. The zero-order valence-corrected chi connectivity index (χ0v) is 13.3. The van der Waals surface area contributed by atoms with Gasteiger partial charge >= 0.3 is 5.97 Å². The van der Waals surface area contributed by atoms with Crippen molar-refractivity contribution in [3.05, 3.63) is 0 Å². The molecule has 0 unspecified atom stereocenters. The number of hydrogen-bond acceptors (Lipinski definition) is 3. The highest BCUT2D eigenvalue weighted by atomic mass is 35.5. The third-order valence-electron chi connectivity index (χ3n) is 5.29. The molecule has 1 aliphatic heterocycles. The Labute approximate surface area is 126 Å². The maximum Gasteiger partial charge on any atom is 0.326 e. The number of carboxylic acid groups (broad SMARTS) is 1. The molecule has 2 rings (SSSR count). The van der Waals surface area contributed by atoms with E-state index in [1.807, 2.05) is 13.8 Å². The second kappa shape index (κ2) is 5.53. The predicted molar refractivity (Wildman–Crippen MR) is 78.6 cm³/mol. The van der Waals surface area contributed by atoms with E-state index in [0.717, 1.165) is 6.42 Å². The number of fused-ring (bicyclic) bond motifs is 1. The number of hydrogen-bond donors (Lipinski definition) is 2. The molecule has 5 nitrogen and oxygen atoms in total. The summed E-state index contributed by atoms with van der Waals surface area (Å²) in [5.41, 5.74) is 6.00. The van der Waals surface area contributed by atoms with Crippen LogP contribution in [0.3, 0.4) is 0 Å². The number of carbonyl (C=O) groups is 2. The van der Waals surface area contributed by atoms with Crippen LogP contribution in [0.4, 0.5) is 0 Å². The van der Waals surface area contributed by atoms with E-state index in [2.05, 4.69) is 13.8 Å². The summed E-state index contributed by atoms with van der Waals surface area (Å²) in [5, 5.41) is 9.40. The van der Waals surface area contributed by atoms with Crippen LogP contribution in [-0.4, -0.2) is 40.5 Å². The topological polar surface area (TPSA) is 83.6 Å². The fourth-order valence-corrected chi connectivity index (χ4v) is 3.48. The third kappa shape index (κ3) is 2.42. The molecule has 20 heavy (non-hydrogen) atoms. The lowest BCUT2D eigenvalue weighted by molar-refractivity contribution is -0.151. The average molecular weight is 305 g/mol. The Morgan fingerprint density at radius 2 is 2.00 bits per heavy atom. The molecule has 1 saturated carbocycles. The molecule has 0 spiro atoms. The highest BCUT2D eigenvalue weighted by molar-refractivity contribution is 5.88. The molecular formula is C14H25ClN2O3. The number of amides is 1. The van der Waals surface area contributed by atoms with Crippen LogP contribution < -0.4 is 5.73 Å². The Bertz CT molecular complexity index is 413. The quantitative estimate of drug-likeness (QED) is 0.821. The summed E-state index contributed by atoms with van der Waals surface area (Å²) in [6.45, 7) is 8.61. The fraction of sp³-hybridized carbons (Fsp3) is 0.857. The van der Waals surface area contributed by atoms with Gasteiger partial charge in [0.2, 0.25) is 5.91 Å². The molecule has 0 aromatic carbocycles. The van der Waals surface area contributed by atoms with Gasteiger partial charge in [-0.1, -0.05) is 34.1 Å². The van der Waals surface area contributed by atoms with Crippen molar-refractivity contribution < 1.29 is 14.7 Å². The molecule has 1 saturated heterocycles. The van der Waals surface area contributed by atoms with Crippen LogP contribution in [0.25, 0.3) is 0 Å². The SMILES string of the molecule is CC[C@H](C)[C@H](N)C(=O)N1C[C@H]2[C@@H]([C@H]1C(=O)O)C2(C)C.Cl. The number of aliphatic carboxylic acids is 1. The summed E-state index contributed by atoms with van der Waals surface area (Å²) in [5.74, 6) is -0.640. The van der Waals surface area contributed by atoms with Crippen molar-refractivity contribution in [2.75, 3.05) is 6.54 Å². The molecule has 1 aliphatic carbocycles. The second-order valence-corrected chi connectivity index (χ2v) is 6.64. The van der Waals surface area contributed by atoms with Crippen LogP contribution in [0, 0.1) is 23.2 Å². The standard InChI is InChI=1S/C14H24N2O3.ClH/c1-5-7(2)10(15)12(17)16-6-8-9(14(8,3)4)11(16)13(18)19;/h7-11H,5-6,15H2,1-4H3,(H,18,19);1H/t7-,8-,9-,10-,11-;/m0./s1. The molecule has 1 amide bonds. The molecule has 1 heterocycles. The largest absolute Gasteiger partial charge is 0.480 e. The summed E-state index contributed by atoms with van der Waals surface area (Å²) in [7, 11) is 0. The number of rotatable bonds is 4. The van der Waals surface area contributed by atoms with E-state index in [1.165, 1.54) is 4.90 Å². The zero-order chi connectivity index (χ0) is 14.5. The average Bonchev–Trinajstić information content (AvgIpc) is 2.77. The maximum atomic E-state index is 12.4. The van der Waals surface area contributed by atoms with Crippen LogP contribution in [0.5, 0.6) is 0 Å². The van der Waals surface area contributed by atoms with Gasteiger partial charge in [0, 0.05) is 12.5 Å². The lowest BCUT2D eigenvalue weighted by Gasteiger charge is -2.31. The van der Waals surface area contributed by atoms with E-state index in [4.69, 9.17) is 5.73 Å². The molecule has 6 heteroatoms. The summed E-state index contributed by atoms with van der Waals surface area (Å²) in [4.78, 5) is 25.3. The van der Waals surface area contributed by atoms with E-state index >= 15 is 0 Å². The molecular weight excluding hydrogens is 280 g/mol. The van der Waals surface area contributed by atoms with Crippen LogP contribution in [0.15, 0.2) is 0 Å². The van der Waals surface area contributed by atoms with Crippen molar-refractivity contribution in [1.82, 2.24) is 4.90 Å². The van der Waals surface area contributed by atoms with Gasteiger partial charge in [0.15, 0.2) is 0 Å². The second-order valence-electron chi connectivity index (χ2n) is 6.64. The van der Waals surface area contributed by atoms with Crippen LogP contribution in [0.2, 0.25) is 0 Å². The van der Waals surface area contributed by atoms with Crippen molar-refractivity contribution in [3.63, 3.8) is 0 Å². The number of carbonyl (C=O) groups excluding carboxylic acids is 1. The minimum atomic E-state index is -0.900. The number of likely N-dealkylation sites (tertiary alicyclic amines) is 1. The van der Waals surface area contributed by atoms with Crippen molar-refractivity contribution in [3.8, 4) is 0 Å². The number of carboxylic acids is 1. The first kappa shape index (κ1) is 17.2. The number of piperidine rings is 1. The summed E-state index contributed by atoms with van der Waals surface area (Å²) in [6.07, 6.45) is 0.816. The molecule has 3 N–H and O–H groups in total. The maximum absolute atomic E-state index is 12.4. The number of halogens is 1. The molecule has 5 atom stereocenters. The van der Waals surface area contributed by atoms with Gasteiger partial charge in [-0.25, -0.2) is 4.79 Å². The first-order valence-corrected chi connectivity index (χ1v) is 7.02. The van der Waals surface area contributed by atoms with Crippen LogP contribution >= 0.6 is 12.4 Å². The highest BCUT2D eigenvalue weighted by Gasteiger charge is 2.69. The summed E-state index contributed by atoms with van der Waals surface area (Å²) in [6, 6.07) is -1.28. The predicted octanol–water partition coefficient (Wildman–Crippen LogP) is 1.35. The van der Waals surface area contributed by atoms with Crippen LogP contribution in [0.1, 0.15) is 34.1 Å². The van der Waals surface area contributed by atoms with Crippen molar-refractivity contribution in [1.29, 1.82) is 0 Å². The van der Waals surface area contributed by atoms with Crippen molar-refractivity contribution >= 4 is 24.3 Å². The highest BCUT2D eigenvalue weighted by Crippen LogP contribution is 2.64. The van der Waals surface area contributed by atoms with Crippen LogP contribution in [-0.2, 0) is 9.59 Å². The fourth-order valence-electron chi connectivity index (χ4n) is 3.48. The molecule has 0 aromatic rings. The van der Waals surface area contributed by atoms with E-state index < -0.39 is 18.1 Å². The zero-order valence-electron chi connectivity index (χ0n) is 12.5. The Kier molecular flexibility index (Phi) is 4.76. The number of nitrogens with zero attached hydrogens (tertiary/aromatic N) is 1. The van der Waals surface area contributed by atoms with Gasteiger partial charge in [-0.15, -0.1) is 12.4 Å². The first-order valence-electron chi connectivity index (χ1n) is 7.02. The van der Waals surface area contributed by atoms with Gasteiger partial charge in [0.05, 0.1) is 6.04 Å². The molecule has 0 bridgehead atoms. The monoisotopic (exact) mass is 304 g/mol. The smallest absolute Gasteiger partial charge is 0.326 e. The molecule has 0 radical (unpaired) electrons. The molecule has 2 aliphatic rings. The lowest BCUT2D eigenvalue weighted by atomic mass is 9.96. The van der Waals surface area contributed by atoms with Gasteiger partial charge in [0.25, 0.3) is 0 Å². The molecule has 116 valence electrons. The van der Waals surface area contributed by atoms with E-state index in [9.17, 15) is 14.7 Å².